The Kier molecular flexibility index (Phi) is 6.37. The minimum absolute atomic E-state index is 0.116. The molecular formula is C22H25NO5S. The third kappa shape index (κ3) is 5.44. The Hall–Kier alpha value is -2.67. The van der Waals surface area contributed by atoms with E-state index in [1.165, 1.54) is 48.2 Å². The number of hydrogen-bond donors (Lipinski definition) is 1. The molecular weight excluding hydrogens is 390 g/mol. The topological polar surface area (TPSA) is 89.5 Å². The van der Waals surface area contributed by atoms with E-state index < -0.39 is 28.3 Å². The summed E-state index contributed by atoms with van der Waals surface area (Å²) in [6.45, 7) is 1.50. The van der Waals surface area contributed by atoms with Gasteiger partial charge in [0, 0.05) is 6.26 Å². The monoisotopic (exact) mass is 415 g/mol. The first kappa shape index (κ1) is 21.0. The number of hydrogen-bond acceptors (Lipinski definition) is 5. The van der Waals surface area contributed by atoms with Crippen LogP contribution in [-0.2, 0) is 32.2 Å². The first-order valence-corrected chi connectivity index (χ1v) is 11.5. The van der Waals surface area contributed by atoms with Gasteiger partial charge in [-0.2, -0.15) is 0 Å². The number of benzene rings is 2. The summed E-state index contributed by atoms with van der Waals surface area (Å²) in [5, 5.41) is 2.84. The van der Waals surface area contributed by atoms with E-state index in [-0.39, 0.29) is 16.5 Å². The van der Waals surface area contributed by atoms with Gasteiger partial charge in [-0.25, -0.2) is 13.2 Å². The number of sulfone groups is 1. The summed E-state index contributed by atoms with van der Waals surface area (Å²) >= 11 is 0. The fourth-order valence-electron chi connectivity index (χ4n) is 3.44. The zero-order valence-corrected chi connectivity index (χ0v) is 17.4. The molecule has 1 aliphatic rings. The lowest BCUT2D eigenvalue weighted by Crippen LogP contribution is -2.31. The van der Waals surface area contributed by atoms with E-state index in [0.717, 1.165) is 24.7 Å². The molecule has 3 rings (SSSR count). The molecule has 0 unspecified atom stereocenters. The standard InChI is InChI=1S/C22H25NO5S/c1-15(18-8-7-16-5-3-4-6-19(16)13-18)23-21(24)14-28-22(25)17-9-11-20(12-10-17)29(2,26)27/h7-13,15H,3-6,14H2,1-2H3,(H,23,24)/t15-/m1/s1. The third-order valence-electron chi connectivity index (χ3n) is 5.10. The van der Waals surface area contributed by atoms with E-state index >= 15 is 0 Å². The molecule has 0 saturated heterocycles. The van der Waals surface area contributed by atoms with E-state index in [1.807, 2.05) is 13.0 Å². The molecule has 0 saturated carbocycles. The van der Waals surface area contributed by atoms with Crippen molar-refractivity contribution in [3.8, 4) is 0 Å². The Morgan fingerprint density at radius 1 is 1.03 bits per heavy atom. The number of carbonyl (C=O) groups excluding carboxylic acids is 2. The summed E-state index contributed by atoms with van der Waals surface area (Å²) in [5.41, 5.74) is 3.95. The third-order valence-corrected chi connectivity index (χ3v) is 6.23. The van der Waals surface area contributed by atoms with E-state index in [9.17, 15) is 18.0 Å². The van der Waals surface area contributed by atoms with Gasteiger partial charge >= 0.3 is 5.97 Å². The lowest BCUT2D eigenvalue weighted by molar-refractivity contribution is -0.124. The number of fused-ring (bicyclic) bond motifs is 1. The summed E-state index contributed by atoms with van der Waals surface area (Å²) in [4.78, 5) is 24.4. The maximum Gasteiger partial charge on any atom is 0.338 e. The van der Waals surface area contributed by atoms with Gasteiger partial charge in [-0.3, -0.25) is 4.79 Å². The van der Waals surface area contributed by atoms with Gasteiger partial charge in [-0.1, -0.05) is 18.2 Å². The average molecular weight is 416 g/mol. The Labute approximate surface area is 171 Å². The van der Waals surface area contributed by atoms with Gasteiger partial charge in [0.2, 0.25) is 0 Å². The molecule has 2 aromatic rings. The fraction of sp³-hybridized carbons (Fsp3) is 0.364. The fourth-order valence-corrected chi connectivity index (χ4v) is 4.07. The van der Waals surface area contributed by atoms with Crippen LogP contribution in [0.2, 0.25) is 0 Å². The molecule has 0 fully saturated rings. The van der Waals surface area contributed by atoms with Gasteiger partial charge in [-0.15, -0.1) is 0 Å². The SMILES string of the molecule is C[C@@H](NC(=O)COC(=O)c1ccc(S(C)(=O)=O)cc1)c1ccc2c(c1)CCCC2. The highest BCUT2D eigenvalue weighted by atomic mass is 32.2. The van der Waals surface area contributed by atoms with Crippen LogP contribution in [0.15, 0.2) is 47.4 Å². The van der Waals surface area contributed by atoms with E-state index in [0.29, 0.717) is 0 Å². The van der Waals surface area contributed by atoms with Gasteiger partial charge in [0.15, 0.2) is 16.4 Å². The van der Waals surface area contributed by atoms with Gasteiger partial charge in [-0.05, 0) is 73.6 Å². The number of ether oxygens (including phenoxy) is 1. The highest BCUT2D eigenvalue weighted by molar-refractivity contribution is 7.90. The zero-order valence-electron chi connectivity index (χ0n) is 16.6. The molecule has 0 spiro atoms. The van der Waals surface area contributed by atoms with Crippen LogP contribution in [-0.4, -0.2) is 33.2 Å². The number of esters is 1. The maximum atomic E-state index is 12.2. The van der Waals surface area contributed by atoms with E-state index in [2.05, 4.69) is 17.4 Å². The molecule has 154 valence electrons. The van der Waals surface area contributed by atoms with Crippen molar-refractivity contribution in [1.29, 1.82) is 0 Å². The van der Waals surface area contributed by atoms with Crippen LogP contribution < -0.4 is 5.32 Å². The van der Waals surface area contributed by atoms with Crippen molar-refractivity contribution in [2.75, 3.05) is 12.9 Å². The van der Waals surface area contributed by atoms with Crippen molar-refractivity contribution < 1.29 is 22.7 Å². The molecule has 29 heavy (non-hydrogen) atoms. The number of aryl methyl sites for hydroxylation is 2. The van der Waals surface area contributed by atoms with Crippen LogP contribution in [0.4, 0.5) is 0 Å². The maximum absolute atomic E-state index is 12.2. The molecule has 0 radical (unpaired) electrons. The molecule has 1 aliphatic carbocycles. The lowest BCUT2D eigenvalue weighted by Gasteiger charge is -2.20. The molecule has 0 heterocycles. The minimum atomic E-state index is -3.33. The van der Waals surface area contributed by atoms with Gasteiger partial charge < -0.3 is 10.1 Å². The van der Waals surface area contributed by atoms with Crippen molar-refractivity contribution in [3.63, 3.8) is 0 Å². The summed E-state index contributed by atoms with van der Waals surface area (Å²) in [5.74, 6) is -1.07. The number of amides is 1. The number of carbonyl (C=O) groups is 2. The largest absolute Gasteiger partial charge is 0.452 e. The number of nitrogens with one attached hydrogen (secondary N) is 1. The second kappa shape index (κ2) is 8.78. The van der Waals surface area contributed by atoms with Crippen LogP contribution in [0.25, 0.3) is 0 Å². The van der Waals surface area contributed by atoms with Gasteiger partial charge in [0.1, 0.15) is 0 Å². The summed E-state index contributed by atoms with van der Waals surface area (Å²) < 4.78 is 28.0. The highest BCUT2D eigenvalue weighted by Gasteiger charge is 2.16. The molecule has 2 aromatic carbocycles. The van der Waals surface area contributed by atoms with E-state index in [4.69, 9.17) is 4.74 Å². The zero-order chi connectivity index (χ0) is 21.0. The second-order valence-corrected chi connectivity index (χ2v) is 9.41. The Morgan fingerprint density at radius 3 is 2.34 bits per heavy atom. The first-order valence-electron chi connectivity index (χ1n) is 9.62. The van der Waals surface area contributed by atoms with Crippen molar-refractivity contribution in [3.05, 3.63) is 64.7 Å². The molecule has 0 aliphatic heterocycles. The smallest absolute Gasteiger partial charge is 0.338 e. The lowest BCUT2D eigenvalue weighted by atomic mass is 9.89. The van der Waals surface area contributed by atoms with Crippen LogP contribution >= 0.6 is 0 Å². The predicted molar refractivity (Wildman–Crippen MR) is 109 cm³/mol. The van der Waals surface area contributed by atoms with Crippen LogP contribution in [0.3, 0.4) is 0 Å². The van der Waals surface area contributed by atoms with Crippen molar-refractivity contribution in [2.45, 2.75) is 43.5 Å². The van der Waals surface area contributed by atoms with Crippen molar-refractivity contribution >= 4 is 21.7 Å². The Balaban J connectivity index is 1.53. The normalized spacial score (nSPS) is 14.6. The first-order chi connectivity index (χ1) is 13.7. The molecule has 0 bridgehead atoms. The van der Waals surface area contributed by atoms with Gasteiger partial charge in [0.25, 0.3) is 5.91 Å². The van der Waals surface area contributed by atoms with Gasteiger partial charge in [0.05, 0.1) is 16.5 Å². The molecule has 7 heteroatoms. The average Bonchev–Trinajstić information content (AvgIpc) is 2.71. The van der Waals surface area contributed by atoms with Crippen molar-refractivity contribution in [2.24, 2.45) is 0 Å². The van der Waals surface area contributed by atoms with Crippen LogP contribution in [0.5, 0.6) is 0 Å². The summed E-state index contributed by atoms with van der Waals surface area (Å²) in [6, 6.07) is 11.5. The van der Waals surface area contributed by atoms with Crippen LogP contribution in [0, 0.1) is 0 Å². The predicted octanol–water partition coefficient (Wildman–Crippen LogP) is 3.00. The Bertz CT molecular complexity index is 1010. The summed E-state index contributed by atoms with van der Waals surface area (Å²) in [7, 11) is -3.33. The van der Waals surface area contributed by atoms with Crippen LogP contribution in [0.1, 0.15) is 52.9 Å². The minimum Gasteiger partial charge on any atom is -0.452 e. The second-order valence-electron chi connectivity index (χ2n) is 7.40. The van der Waals surface area contributed by atoms with Crippen molar-refractivity contribution in [1.82, 2.24) is 5.32 Å². The summed E-state index contributed by atoms with van der Waals surface area (Å²) in [6.07, 6.45) is 5.69. The molecule has 6 nitrogen and oxygen atoms in total. The quantitative estimate of drug-likeness (QED) is 0.733. The molecule has 1 amide bonds. The van der Waals surface area contributed by atoms with E-state index in [1.54, 1.807) is 0 Å². The molecule has 1 atom stereocenters. The Morgan fingerprint density at radius 2 is 1.69 bits per heavy atom. The molecule has 1 N–H and O–H groups in total. The highest BCUT2D eigenvalue weighted by Crippen LogP contribution is 2.24. The number of rotatable bonds is 6. The molecule has 0 aromatic heterocycles.